The fourth-order valence-electron chi connectivity index (χ4n) is 1.36. The summed E-state index contributed by atoms with van der Waals surface area (Å²) in [6.07, 6.45) is 0. The van der Waals surface area contributed by atoms with Gasteiger partial charge in [0.15, 0.2) is 0 Å². The van der Waals surface area contributed by atoms with Crippen LogP contribution in [0.25, 0.3) is 0 Å². The predicted molar refractivity (Wildman–Crippen MR) is 60.0 cm³/mol. The van der Waals surface area contributed by atoms with E-state index in [-0.39, 0.29) is 5.91 Å². The zero-order chi connectivity index (χ0) is 11.6. The van der Waals surface area contributed by atoms with Crippen molar-refractivity contribution < 1.29 is 4.79 Å². The Balaban J connectivity index is 3.11. The highest BCUT2D eigenvalue weighted by Gasteiger charge is 2.17. The Hall–Kier alpha value is -1.32. The Labute approximate surface area is 90.9 Å². The second kappa shape index (κ2) is 4.47. The SMILES string of the molecule is CCn1nc(C(C)C)cc1C(=O)N(C)C. The van der Waals surface area contributed by atoms with Crippen molar-refractivity contribution in [2.45, 2.75) is 33.2 Å². The third-order valence-corrected chi connectivity index (χ3v) is 2.32. The predicted octanol–water partition coefficient (Wildman–Crippen LogP) is 1.73. The van der Waals surface area contributed by atoms with E-state index in [1.165, 1.54) is 0 Å². The number of aromatic nitrogens is 2. The Kier molecular flexibility index (Phi) is 3.50. The van der Waals surface area contributed by atoms with E-state index in [0.29, 0.717) is 11.6 Å². The summed E-state index contributed by atoms with van der Waals surface area (Å²) in [7, 11) is 3.51. The van der Waals surface area contributed by atoms with Crippen LogP contribution in [-0.2, 0) is 6.54 Å². The molecule has 0 aliphatic rings. The van der Waals surface area contributed by atoms with Crippen molar-refractivity contribution in [1.29, 1.82) is 0 Å². The molecule has 0 atom stereocenters. The third kappa shape index (κ3) is 2.37. The van der Waals surface area contributed by atoms with E-state index >= 15 is 0 Å². The van der Waals surface area contributed by atoms with Gasteiger partial charge in [-0.2, -0.15) is 5.10 Å². The summed E-state index contributed by atoms with van der Waals surface area (Å²) < 4.78 is 1.76. The first-order valence-electron chi connectivity index (χ1n) is 5.26. The van der Waals surface area contributed by atoms with Crippen LogP contribution in [0.1, 0.15) is 42.9 Å². The van der Waals surface area contributed by atoms with Crippen LogP contribution in [0.4, 0.5) is 0 Å². The number of carbonyl (C=O) groups excluding carboxylic acids is 1. The van der Waals surface area contributed by atoms with E-state index in [9.17, 15) is 4.79 Å². The largest absolute Gasteiger partial charge is 0.343 e. The number of amides is 1. The van der Waals surface area contributed by atoms with Gasteiger partial charge in [0.05, 0.1) is 5.69 Å². The molecular formula is C11H19N3O. The zero-order valence-electron chi connectivity index (χ0n) is 10.1. The number of carbonyl (C=O) groups is 1. The molecule has 0 radical (unpaired) electrons. The molecule has 4 heteroatoms. The summed E-state index contributed by atoms with van der Waals surface area (Å²) in [6, 6.07) is 1.89. The molecule has 1 heterocycles. The Bertz CT molecular complexity index is 353. The molecule has 0 aromatic carbocycles. The van der Waals surface area contributed by atoms with Crippen molar-refractivity contribution in [3.05, 3.63) is 17.5 Å². The average Bonchev–Trinajstić information content (AvgIpc) is 2.59. The van der Waals surface area contributed by atoms with Crippen LogP contribution in [0.5, 0.6) is 0 Å². The lowest BCUT2D eigenvalue weighted by Crippen LogP contribution is -2.24. The van der Waals surface area contributed by atoms with Gasteiger partial charge in [0.25, 0.3) is 5.91 Å². The molecule has 0 aliphatic heterocycles. The molecule has 1 amide bonds. The summed E-state index contributed by atoms with van der Waals surface area (Å²) in [5.41, 5.74) is 1.65. The maximum atomic E-state index is 11.8. The van der Waals surface area contributed by atoms with Gasteiger partial charge in [-0.25, -0.2) is 0 Å². The Morgan fingerprint density at radius 3 is 2.53 bits per heavy atom. The minimum Gasteiger partial charge on any atom is -0.343 e. The molecule has 4 nitrogen and oxygen atoms in total. The lowest BCUT2D eigenvalue weighted by atomic mass is 10.1. The Morgan fingerprint density at radius 1 is 1.53 bits per heavy atom. The van der Waals surface area contributed by atoms with Crippen molar-refractivity contribution in [3.63, 3.8) is 0 Å². The maximum absolute atomic E-state index is 11.8. The molecule has 84 valence electrons. The van der Waals surface area contributed by atoms with Gasteiger partial charge >= 0.3 is 0 Å². The molecule has 0 unspecified atom stereocenters. The molecule has 0 aliphatic carbocycles. The normalized spacial score (nSPS) is 10.8. The molecule has 1 aromatic heterocycles. The molecule has 0 spiro atoms. The van der Waals surface area contributed by atoms with Gasteiger partial charge in [0.2, 0.25) is 0 Å². The fraction of sp³-hybridized carbons (Fsp3) is 0.636. The smallest absolute Gasteiger partial charge is 0.271 e. The van der Waals surface area contributed by atoms with E-state index in [2.05, 4.69) is 18.9 Å². The van der Waals surface area contributed by atoms with Crippen molar-refractivity contribution in [1.82, 2.24) is 14.7 Å². The van der Waals surface area contributed by atoms with Gasteiger partial charge in [-0.05, 0) is 18.9 Å². The second-order valence-electron chi connectivity index (χ2n) is 4.12. The van der Waals surface area contributed by atoms with E-state index in [0.717, 1.165) is 12.2 Å². The van der Waals surface area contributed by atoms with Crippen LogP contribution >= 0.6 is 0 Å². The number of hydrogen-bond acceptors (Lipinski definition) is 2. The molecule has 0 fully saturated rings. The quantitative estimate of drug-likeness (QED) is 0.760. The molecule has 0 saturated heterocycles. The number of aryl methyl sites for hydroxylation is 1. The van der Waals surface area contributed by atoms with Crippen LogP contribution in [0.2, 0.25) is 0 Å². The van der Waals surface area contributed by atoms with Crippen molar-refractivity contribution in [3.8, 4) is 0 Å². The summed E-state index contributed by atoms with van der Waals surface area (Å²) >= 11 is 0. The van der Waals surface area contributed by atoms with Gasteiger partial charge in [-0.1, -0.05) is 13.8 Å². The van der Waals surface area contributed by atoms with Gasteiger partial charge in [0.1, 0.15) is 5.69 Å². The van der Waals surface area contributed by atoms with Gasteiger partial charge < -0.3 is 4.90 Å². The van der Waals surface area contributed by atoms with E-state index in [1.54, 1.807) is 23.7 Å². The van der Waals surface area contributed by atoms with Crippen molar-refractivity contribution in [2.75, 3.05) is 14.1 Å². The van der Waals surface area contributed by atoms with Gasteiger partial charge in [-0.15, -0.1) is 0 Å². The van der Waals surface area contributed by atoms with Crippen LogP contribution in [0, 0.1) is 0 Å². The number of rotatable bonds is 3. The molecule has 1 aromatic rings. The summed E-state index contributed by atoms with van der Waals surface area (Å²) in [6.45, 7) is 6.86. The maximum Gasteiger partial charge on any atom is 0.271 e. The lowest BCUT2D eigenvalue weighted by Gasteiger charge is -2.10. The van der Waals surface area contributed by atoms with Crippen molar-refractivity contribution >= 4 is 5.91 Å². The monoisotopic (exact) mass is 209 g/mol. The molecule has 0 N–H and O–H groups in total. The third-order valence-electron chi connectivity index (χ3n) is 2.32. The highest BCUT2D eigenvalue weighted by molar-refractivity contribution is 5.92. The highest BCUT2D eigenvalue weighted by atomic mass is 16.2. The number of hydrogen-bond donors (Lipinski definition) is 0. The minimum absolute atomic E-state index is 0.0104. The van der Waals surface area contributed by atoms with Gasteiger partial charge in [0, 0.05) is 20.6 Å². The lowest BCUT2D eigenvalue weighted by molar-refractivity contribution is 0.0815. The minimum atomic E-state index is 0.0104. The second-order valence-corrected chi connectivity index (χ2v) is 4.12. The number of nitrogens with zero attached hydrogens (tertiary/aromatic N) is 3. The molecule has 0 bridgehead atoms. The zero-order valence-corrected chi connectivity index (χ0v) is 10.1. The van der Waals surface area contributed by atoms with Gasteiger partial charge in [-0.3, -0.25) is 9.48 Å². The average molecular weight is 209 g/mol. The highest BCUT2D eigenvalue weighted by Crippen LogP contribution is 2.15. The first kappa shape index (κ1) is 11.8. The van der Waals surface area contributed by atoms with E-state index in [1.807, 2.05) is 13.0 Å². The van der Waals surface area contributed by atoms with Crippen LogP contribution in [0.15, 0.2) is 6.07 Å². The summed E-state index contributed by atoms with van der Waals surface area (Å²) in [4.78, 5) is 13.4. The summed E-state index contributed by atoms with van der Waals surface area (Å²) in [5, 5.41) is 4.40. The molecule has 1 rings (SSSR count). The Morgan fingerprint density at radius 2 is 2.13 bits per heavy atom. The first-order valence-corrected chi connectivity index (χ1v) is 5.26. The van der Waals surface area contributed by atoms with E-state index < -0.39 is 0 Å². The fourth-order valence-corrected chi connectivity index (χ4v) is 1.36. The van der Waals surface area contributed by atoms with E-state index in [4.69, 9.17) is 0 Å². The molecule has 0 saturated carbocycles. The topological polar surface area (TPSA) is 38.1 Å². The molecule has 15 heavy (non-hydrogen) atoms. The van der Waals surface area contributed by atoms with Crippen LogP contribution in [-0.4, -0.2) is 34.7 Å². The van der Waals surface area contributed by atoms with Crippen LogP contribution in [0.3, 0.4) is 0 Å². The van der Waals surface area contributed by atoms with Crippen LogP contribution < -0.4 is 0 Å². The molecular weight excluding hydrogens is 190 g/mol. The van der Waals surface area contributed by atoms with Crippen molar-refractivity contribution in [2.24, 2.45) is 0 Å². The first-order chi connectivity index (χ1) is 6.97. The standard InChI is InChI=1S/C11H19N3O/c1-6-14-10(11(15)13(4)5)7-9(12-14)8(2)3/h7-8H,6H2,1-5H3. The summed E-state index contributed by atoms with van der Waals surface area (Å²) in [5.74, 6) is 0.364.